The molecule has 0 atom stereocenters. The van der Waals surface area contributed by atoms with Crippen LogP contribution >= 0.6 is 22.6 Å². The van der Waals surface area contributed by atoms with Crippen molar-refractivity contribution in [1.29, 1.82) is 0 Å². The minimum atomic E-state index is 0.276. The van der Waals surface area contributed by atoms with Gasteiger partial charge in [-0.15, -0.1) is 0 Å². The van der Waals surface area contributed by atoms with E-state index in [9.17, 15) is 0 Å². The van der Waals surface area contributed by atoms with Gasteiger partial charge < -0.3 is 9.51 Å². The van der Waals surface area contributed by atoms with Gasteiger partial charge in [-0.3, -0.25) is 0 Å². The first-order valence-electron chi connectivity index (χ1n) is 7.11. The summed E-state index contributed by atoms with van der Waals surface area (Å²) in [6.07, 6.45) is 7.06. The number of aliphatic hydroxyl groups is 1. The molecule has 3 aromatic rings. The lowest BCUT2D eigenvalue weighted by molar-refractivity contribution is 0.284. The largest absolute Gasteiger partial charge is 0.396 e. The van der Waals surface area contributed by atoms with Crippen LogP contribution in [0.2, 0.25) is 0 Å². The average molecular weight is 392 g/mol. The number of hydrogen-bond donors (Lipinski definition) is 1. The second kappa shape index (κ2) is 6.58. The number of aliphatic hydroxyl groups excluding tert-OH is 1. The molecule has 0 saturated heterocycles. The molecular formula is C17H17IN2O. The van der Waals surface area contributed by atoms with E-state index in [-0.39, 0.29) is 6.61 Å². The number of pyridine rings is 1. The molecule has 0 bridgehead atoms. The van der Waals surface area contributed by atoms with Crippen molar-refractivity contribution in [3.05, 3.63) is 57.9 Å². The third kappa shape index (κ3) is 3.44. The second-order valence-electron chi connectivity index (χ2n) is 5.12. The highest BCUT2D eigenvalue weighted by molar-refractivity contribution is 14.1. The first-order valence-corrected chi connectivity index (χ1v) is 8.18. The van der Waals surface area contributed by atoms with Gasteiger partial charge >= 0.3 is 0 Å². The Labute approximate surface area is 137 Å². The van der Waals surface area contributed by atoms with Crippen molar-refractivity contribution in [2.45, 2.75) is 19.3 Å². The zero-order valence-corrected chi connectivity index (χ0v) is 13.8. The Hall–Kier alpha value is -1.40. The van der Waals surface area contributed by atoms with E-state index in [2.05, 4.69) is 74.7 Å². The van der Waals surface area contributed by atoms with Crippen molar-refractivity contribution in [3.8, 4) is 11.3 Å². The topological polar surface area (TPSA) is 37.5 Å². The van der Waals surface area contributed by atoms with E-state index in [0.717, 1.165) is 36.2 Å². The van der Waals surface area contributed by atoms with Crippen LogP contribution in [0.5, 0.6) is 0 Å². The maximum atomic E-state index is 8.81. The van der Waals surface area contributed by atoms with Gasteiger partial charge in [0.1, 0.15) is 5.65 Å². The summed E-state index contributed by atoms with van der Waals surface area (Å²) in [5, 5.41) is 8.81. The van der Waals surface area contributed by atoms with Crippen LogP contribution in [-0.4, -0.2) is 21.1 Å². The molecule has 3 rings (SSSR count). The van der Waals surface area contributed by atoms with Crippen molar-refractivity contribution in [3.63, 3.8) is 0 Å². The quantitative estimate of drug-likeness (QED) is 0.528. The lowest BCUT2D eigenvalue weighted by atomic mass is 10.1. The standard InChI is InChI=1S/C17H17IN2O/c18-15-8-9-17-19-16(12-20(17)11-15)14-6-4-13(5-7-14)3-1-2-10-21/h4-9,11-12,21H,1-3,10H2. The number of benzene rings is 1. The molecule has 0 amide bonds. The number of halogens is 1. The van der Waals surface area contributed by atoms with Gasteiger partial charge in [0.05, 0.1) is 5.69 Å². The molecule has 4 heteroatoms. The molecule has 0 spiro atoms. The molecule has 0 fully saturated rings. The third-order valence-electron chi connectivity index (χ3n) is 3.54. The van der Waals surface area contributed by atoms with Crippen LogP contribution in [0.3, 0.4) is 0 Å². The predicted octanol–water partition coefficient (Wildman–Crippen LogP) is 3.92. The molecule has 3 nitrogen and oxygen atoms in total. The van der Waals surface area contributed by atoms with Crippen molar-refractivity contribution in [2.75, 3.05) is 6.61 Å². The smallest absolute Gasteiger partial charge is 0.137 e. The first-order chi connectivity index (χ1) is 10.3. The minimum Gasteiger partial charge on any atom is -0.396 e. The van der Waals surface area contributed by atoms with Gasteiger partial charge in [0.2, 0.25) is 0 Å². The molecular weight excluding hydrogens is 375 g/mol. The second-order valence-corrected chi connectivity index (χ2v) is 6.36. The lowest BCUT2D eigenvalue weighted by Gasteiger charge is -2.02. The van der Waals surface area contributed by atoms with Crippen LogP contribution in [0.4, 0.5) is 0 Å². The molecule has 0 aliphatic carbocycles. The predicted molar refractivity (Wildman–Crippen MR) is 93.4 cm³/mol. The van der Waals surface area contributed by atoms with Crippen LogP contribution in [0.1, 0.15) is 18.4 Å². The van der Waals surface area contributed by atoms with E-state index in [1.54, 1.807) is 0 Å². The molecule has 0 saturated carbocycles. The summed E-state index contributed by atoms with van der Waals surface area (Å²) in [5.74, 6) is 0. The van der Waals surface area contributed by atoms with E-state index in [4.69, 9.17) is 5.11 Å². The van der Waals surface area contributed by atoms with Gasteiger partial charge in [-0.05, 0) is 59.5 Å². The average Bonchev–Trinajstić information content (AvgIpc) is 2.91. The fourth-order valence-electron chi connectivity index (χ4n) is 2.39. The Morgan fingerprint density at radius 1 is 1.00 bits per heavy atom. The zero-order valence-electron chi connectivity index (χ0n) is 11.7. The molecule has 2 heterocycles. The van der Waals surface area contributed by atoms with Crippen molar-refractivity contribution in [2.24, 2.45) is 0 Å². The summed E-state index contributed by atoms with van der Waals surface area (Å²) in [4.78, 5) is 4.66. The molecule has 0 aliphatic heterocycles. The molecule has 21 heavy (non-hydrogen) atoms. The van der Waals surface area contributed by atoms with Crippen LogP contribution < -0.4 is 0 Å². The highest BCUT2D eigenvalue weighted by Crippen LogP contribution is 2.21. The van der Waals surface area contributed by atoms with E-state index in [0.29, 0.717) is 0 Å². The lowest BCUT2D eigenvalue weighted by Crippen LogP contribution is -1.88. The molecule has 0 unspecified atom stereocenters. The minimum absolute atomic E-state index is 0.276. The maximum Gasteiger partial charge on any atom is 0.137 e. The Balaban J connectivity index is 1.81. The molecule has 1 N–H and O–H groups in total. The van der Waals surface area contributed by atoms with Crippen LogP contribution in [-0.2, 0) is 6.42 Å². The summed E-state index contributed by atoms with van der Waals surface area (Å²) < 4.78 is 3.26. The summed E-state index contributed by atoms with van der Waals surface area (Å²) >= 11 is 2.31. The highest BCUT2D eigenvalue weighted by atomic mass is 127. The number of hydrogen-bond acceptors (Lipinski definition) is 2. The van der Waals surface area contributed by atoms with Crippen molar-refractivity contribution in [1.82, 2.24) is 9.38 Å². The van der Waals surface area contributed by atoms with Gasteiger partial charge in [0, 0.05) is 28.1 Å². The van der Waals surface area contributed by atoms with Gasteiger partial charge in [-0.1, -0.05) is 24.3 Å². The van der Waals surface area contributed by atoms with Crippen molar-refractivity contribution < 1.29 is 5.11 Å². The van der Waals surface area contributed by atoms with Gasteiger partial charge in [0.15, 0.2) is 0 Å². The number of aromatic nitrogens is 2. The zero-order chi connectivity index (χ0) is 14.7. The van der Waals surface area contributed by atoms with E-state index in [1.807, 2.05) is 6.07 Å². The number of nitrogens with zero attached hydrogens (tertiary/aromatic N) is 2. The monoisotopic (exact) mass is 392 g/mol. The molecule has 0 radical (unpaired) electrons. The molecule has 108 valence electrons. The Morgan fingerprint density at radius 3 is 2.57 bits per heavy atom. The van der Waals surface area contributed by atoms with Gasteiger partial charge in [-0.25, -0.2) is 4.98 Å². The summed E-state index contributed by atoms with van der Waals surface area (Å²) in [7, 11) is 0. The first kappa shape index (κ1) is 14.5. The Bertz CT molecular complexity index is 734. The maximum absolute atomic E-state index is 8.81. The number of fused-ring (bicyclic) bond motifs is 1. The SMILES string of the molecule is OCCCCc1ccc(-c2cn3cc(I)ccc3n2)cc1. The summed E-state index contributed by atoms with van der Waals surface area (Å²) in [5.41, 5.74) is 4.42. The Kier molecular flexibility index (Phi) is 4.55. The number of imidazole rings is 1. The number of rotatable bonds is 5. The number of unbranched alkanes of at least 4 members (excludes halogenated alkanes) is 1. The third-order valence-corrected chi connectivity index (χ3v) is 4.18. The summed E-state index contributed by atoms with van der Waals surface area (Å²) in [6, 6.07) is 12.7. The van der Waals surface area contributed by atoms with E-state index in [1.165, 1.54) is 9.13 Å². The fourth-order valence-corrected chi connectivity index (χ4v) is 2.87. The fraction of sp³-hybridized carbons (Fsp3) is 0.235. The highest BCUT2D eigenvalue weighted by Gasteiger charge is 2.04. The van der Waals surface area contributed by atoms with Crippen LogP contribution in [0.15, 0.2) is 48.8 Å². The Morgan fingerprint density at radius 2 is 1.81 bits per heavy atom. The van der Waals surface area contributed by atoms with E-state index < -0.39 is 0 Å². The molecule has 0 aliphatic rings. The molecule has 2 aromatic heterocycles. The normalized spacial score (nSPS) is 11.1. The molecule has 1 aromatic carbocycles. The van der Waals surface area contributed by atoms with Crippen LogP contribution in [0.25, 0.3) is 16.9 Å². The van der Waals surface area contributed by atoms with Gasteiger partial charge in [0.25, 0.3) is 0 Å². The van der Waals surface area contributed by atoms with Crippen molar-refractivity contribution >= 4 is 28.2 Å². The van der Waals surface area contributed by atoms with Crippen LogP contribution in [0, 0.1) is 3.57 Å². The van der Waals surface area contributed by atoms with E-state index >= 15 is 0 Å². The van der Waals surface area contributed by atoms with Gasteiger partial charge in [-0.2, -0.15) is 0 Å². The number of aryl methyl sites for hydroxylation is 1. The summed E-state index contributed by atoms with van der Waals surface area (Å²) in [6.45, 7) is 0.276.